The lowest BCUT2D eigenvalue weighted by atomic mass is 10.1. The van der Waals surface area contributed by atoms with Gasteiger partial charge in [0.1, 0.15) is 5.82 Å². The van der Waals surface area contributed by atoms with Crippen LogP contribution < -0.4 is 11.1 Å². The third kappa shape index (κ3) is 3.01. The molecule has 0 saturated carbocycles. The maximum atomic E-state index is 6.19. The Morgan fingerprint density at radius 2 is 2.05 bits per heavy atom. The number of hydrogen-bond donors (Lipinski definition) is 2. The lowest BCUT2D eigenvalue weighted by molar-refractivity contribution is 0.872. The molecule has 5 heteroatoms. The molecule has 0 bridgehead atoms. The minimum absolute atomic E-state index is 0.0560. The topological polar surface area (TPSA) is 50.9 Å². The number of nitrogens with one attached hydrogen (secondary N) is 1. The summed E-state index contributed by atoms with van der Waals surface area (Å²) in [6, 6.07) is 7.82. The Balaban J connectivity index is 2.27. The minimum Gasteiger partial charge on any atom is -0.397 e. The monoisotopic (exact) mass is 339 g/mol. The highest BCUT2D eigenvalue weighted by Gasteiger charge is 2.13. The van der Waals surface area contributed by atoms with Crippen LogP contribution in [0.1, 0.15) is 24.1 Å². The summed E-state index contributed by atoms with van der Waals surface area (Å²) in [5.74, 6) is 0.763. The van der Waals surface area contributed by atoms with Crippen LogP contribution in [0.5, 0.6) is 0 Å². The lowest BCUT2D eigenvalue weighted by Crippen LogP contribution is -2.10. The molecule has 0 aliphatic rings. The van der Waals surface area contributed by atoms with Gasteiger partial charge in [0.15, 0.2) is 0 Å². The van der Waals surface area contributed by atoms with Crippen molar-refractivity contribution >= 4 is 39.0 Å². The van der Waals surface area contributed by atoms with Crippen molar-refractivity contribution < 1.29 is 0 Å². The zero-order valence-electron chi connectivity index (χ0n) is 10.7. The minimum atomic E-state index is 0.0560. The number of hydrogen-bond acceptors (Lipinski definition) is 3. The van der Waals surface area contributed by atoms with Gasteiger partial charge in [0, 0.05) is 5.02 Å². The van der Waals surface area contributed by atoms with Gasteiger partial charge >= 0.3 is 0 Å². The van der Waals surface area contributed by atoms with Gasteiger partial charge in [-0.3, -0.25) is 0 Å². The van der Waals surface area contributed by atoms with Crippen LogP contribution >= 0.6 is 27.5 Å². The van der Waals surface area contributed by atoms with E-state index >= 15 is 0 Å². The molecule has 1 aromatic carbocycles. The van der Waals surface area contributed by atoms with Gasteiger partial charge in [-0.1, -0.05) is 29.8 Å². The number of halogens is 2. The van der Waals surface area contributed by atoms with E-state index in [1.807, 2.05) is 38.1 Å². The highest BCUT2D eigenvalue weighted by Crippen LogP contribution is 2.31. The van der Waals surface area contributed by atoms with Crippen LogP contribution in [-0.4, -0.2) is 4.98 Å². The van der Waals surface area contributed by atoms with E-state index in [9.17, 15) is 0 Å². The molecule has 0 fully saturated rings. The molecule has 1 unspecified atom stereocenters. The van der Waals surface area contributed by atoms with Crippen LogP contribution in [0.2, 0.25) is 5.02 Å². The number of nitrogen functional groups attached to an aromatic ring is 1. The van der Waals surface area contributed by atoms with Crippen LogP contribution in [0.15, 0.2) is 34.9 Å². The SMILES string of the molecule is Cc1c(N)cnc(NC(C)c2ccccc2Cl)c1Br. The third-order valence-electron chi connectivity index (χ3n) is 3.03. The van der Waals surface area contributed by atoms with E-state index in [1.165, 1.54) is 0 Å². The van der Waals surface area contributed by atoms with Crippen LogP contribution in [0, 0.1) is 6.92 Å². The summed E-state index contributed by atoms with van der Waals surface area (Å²) in [6.07, 6.45) is 1.65. The second-order valence-electron chi connectivity index (χ2n) is 4.39. The first kappa shape index (κ1) is 14.2. The van der Waals surface area contributed by atoms with E-state index in [-0.39, 0.29) is 6.04 Å². The summed E-state index contributed by atoms with van der Waals surface area (Å²) < 4.78 is 0.881. The predicted molar refractivity (Wildman–Crippen MR) is 84.6 cm³/mol. The Kier molecular flexibility index (Phi) is 4.32. The van der Waals surface area contributed by atoms with Crippen molar-refractivity contribution in [1.82, 2.24) is 4.98 Å². The molecular weight excluding hydrogens is 326 g/mol. The van der Waals surface area contributed by atoms with Gasteiger partial charge in [-0.15, -0.1) is 0 Å². The molecule has 0 saturated heterocycles. The second kappa shape index (κ2) is 5.80. The van der Waals surface area contributed by atoms with Crippen LogP contribution in [0.4, 0.5) is 11.5 Å². The molecule has 0 aliphatic carbocycles. The Labute approximate surface area is 126 Å². The fourth-order valence-electron chi connectivity index (χ4n) is 1.80. The number of nitrogens with zero attached hydrogens (tertiary/aromatic N) is 1. The van der Waals surface area contributed by atoms with E-state index in [0.29, 0.717) is 5.69 Å². The van der Waals surface area contributed by atoms with Gasteiger partial charge in [-0.05, 0) is 47.0 Å². The average molecular weight is 341 g/mol. The van der Waals surface area contributed by atoms with Crippen molar-refractivity contribution in [2.24, 2.45) is 0 Å². The largest absolute Gasteiger partial charge is 0.397 e. The molecular formula is C14H15BrClN3. The molecule has 0 amide bonds. The zero-order valence-corrected chi connectivity index (χ0v) is 13.1. The number of rotatable bonds is 3. The van der Waals surface area contributed by atoms with Crippen molar-refractivity contribution in [2.45, 2.75) is 19.9 Å². The molecule has 1 atom stereocenters. The molecule has 1 heterocycles. The summed E-state index contributed by atoms with van der Waals surface area (Å²) in [5, 5.41) is 4.08. The molecule has 3 N–H and O–H groups in total. The number of benzene rings is 1. The Hall–Kier alpha value is -1.26. The van der Waals surface area contributed by atoms with Gasteiger partial charge in [0.25, 0.3) is 0 Å². The van der Waals surface area contributed by atoms with Gasteiger partial charge in [0.05, 0.1) is 22.4 Å². The Morgan fingerprint density at radius 3 is 2.74 bits per heavy atom. The second-order valence-corrected chi connectivity index (χ2v) is 5.59. The van der Waals surface area contributed by atoms with E-state index in [1.54, 1.807) is 6.20 Å². The first-order valence-corrected chi connectivity index (χ1v) is 7.09. The molecule has 19 heavy (non-hydrogen) atoms. The summed E-state index contributed by atoms with van der Waals surface area (Å²) in [5.41, 5.74) is 8.49. The van der Waals surface area contributed by atoms with Crippen molar-refractivity contribution in [3.05, 3.63) is 51.1 Å². The predicted octanol–water partition coefficient (Wildman–Crippen LogP) is 4.56. The highest BCUT2D eigenvalue weighted by molar-refractivity contribution is 9.10. The maximum Gasteiger partial charge on any atom is 0.141 e. The molecule has 0 radical (unpaired) electrons. The molecule has 2 aromatic rings. The summed E-state index contributed by atoms with van der Waals surface area (Å²) in [6.45, 7) is 3.99. The standard InChI is InChI=1S/C14H15BrClN3/c1-8-12(17)7-18-14(13(8)15)19-9(2)10-5-3-4-6-11(10)16/h3-7,9H,17H2,1-2H3,(H,18,19). The first-order chi connectivity index (χ1) is 9.00. The molecule has 0 aliphatic heterocycles. The molecule has 3 nitrogen and oxygen atoms in total. The average Bonchev–Trinajstić information content (AvgIpc) is 2.40. The van der Waals surface area contributed by atoms with Gasteiger partial charge in [-0.2, -0.15) is 0 Å². The third-order valence-corrected chi connectivity index (χ3v) is 4.34. The van der Waals surface area contributed by atoms with E-state index in [4.69, 9.17) is 17.3 Å². The van der Waals surface area contributed by atoms with Crippen molar-refractivity contribution in [3.8, 4) is 0 Å². The lowest BCUT2D eigenvalue weighted by Gasteiger charge is -2.18. The first-order valence-electron chi connectivity index (χ1n) is 5.92. The fourth-order valence-corrected chi connectivity index (χ4v) is 2.55. The molecule has 1 aromatic heterocycles. The zero-order chi connectivity index (χ0) is 14.0. The quantitative estimate of drug-likeness (QED) is 0.861. The maximum absolute atomic E-state index is 6.19. The highest BCUT2D eigenvalue weighted by atomic mass is 79.9. The number of pyridine rings is 1. The number of aromatic nitrogens is 1. The van der Waals surface area contributed by atoms with Gasteiger partial charge < -0.3 is 11.1 Å². The van der Waals surface area contributed by atoms with E-state index in [0.717, 1.165) is 26.4 Å². The number of nitrogens with two attached hydrogens (primary N) is 1. The van der Waals surface area contributed by atoms with Crippen molar-refractivity contribution in [1.29, 1.82) is 0 Å². The van der Waals surface area contributed by atoms with Gasteiger partial charge in [-0.25, -0.2) is 4.98 Å². The molecule has 100 valence electrons. The Morgan fingerprint density at radius 1 is 1.37 bits per heavy atom. The molecule has 0 spiro atoms. The summed E-state index contributed by atoms with van der Waals surface area (Å²) >= 11 is 9.70. The van der Waals surface area contributed by atoms with E-state index < -0.39 is 0 Å². The number of anilines is 2. The van der Waals surface area contributed by atoms with Crippen LogP contribution in [0.25, 0.3) is 0 Å². The van der Waals surface area contributed by atoms with E-state index in [2.05, 4.69) is 26.2 Å². The van der Waals surface area contributed by atoms with Crippen LogP contribution in [0.3, 0.4) is 0 Å². The summed E-state index contributed by atoms with van der Waals surface area (Å²) in [7, 11) is 0. The van der Waals surface area contributed by atoms with Gasteiger partial charge in [0.2, 0.25) is 0 Å². The summed E-state index contributed by atoms with van der Waals surface area (Å²) in [4.78, 5) is 4.31. The van der Waals surface area contributed by atoms with Crippen molar-refractivity contribution in [2.75, 3.05) is 11.1 Å². The van der Waals surface area contributed by atoms with Crippen molar-refractivity contribution in [3.63, 3.8) is 0 Å². The van der Waals surface area contributed by atoms with Crippen LogP contribution in [-0.2, 0) is 0 Å². The normalized spacial score (nSPS) is 12.2. The smallest absolute Gasteiger partial charge is 0.141 e. The molecule has 2 rings (SSSR count). The fraction of sp³-hybridized carbons (Fsp3) is 0.214. The Bertz CT molecular complexity index is 601.